The second-order valence-corrected chi connectivity index (χ2v) is 8.59. The molecule has 0 unspecified atom stereocenters. The molecule has 3 amide bonds. The number of hydrogen-bond donors (Lipinski definition) is 1. The first-order valence-corrected chi connectivity index (χ1v) is 10.3. The van der Waals surface area contributed by atoms with Crippen LogP contribution in [0.3, 0.4) is 0 Å². The molecule has 4 heterocycles. The number of amides is 3. The molecule has 152 valence electrons. The number of benzene rings is 2. The van der Waals surface area contributed by atoms with Gasteiger partial charge in [-0.1, -0.05) is 30.3 Å². The third-order valence-corrected chi connectivity index (χ3v) is 7.33. The van der Waals surface area contributed by atoms with E-state index in [1.165, 1.54) is 18.2 Å². The van der Waals surface area contributed by atoms with Gasteiger partial charge in [0.15, 0.2) is 0 Å². The van der Waals surface area contributed by atoms with Crippen LogP contribution in [0.1, 0.15) is 24.0 Å². The van der Waals surface area contributed by atoms with Crippen LogP contribution in [0, 0.1) is 24.6 Å². The van der Waals surface area contributed by atoms with Crippen LogP contribution in [0.2, 0.25) is 0 Å². The number of hydrogen-bond acceptors (Lipinski definition) is 4. The lowest BCUT2D eigenvalue weighted by Crippen LogP contribution is -2.54. The van der Waals surface area contributed by atoms with Crippen molar-refractivity contribution in [3.8, 4) is 0 Å². The molecule has 1 N–H and O–H groups in total. The van der Waals surface area contributed by atoms with E-state index in [0.29, 0.717) is 6.54 Å². The Morgan fingerprint density at radius 1 is 1.07 bits per heavy atom. The van der Waals surface area contributed by atoms with Crippen LogP contribution in [0.25, 0.3) is 0 Å². The first kappa shape index (κ1) is 17.8. The maximum Gasteiger partial charge on any atom is 0.250 e. The summed E-state index contributed by atoms with van der Waals surface area (Å²) in [6.45, 7) is 2.57. The van der Waals surface area contributed by atoms with E-state index in [9.17, 15) is 18.8 Å². The predicted molar refractivity (Wildman–Crippen MR) is 107 cm³/mol. The fourth-order valence-electron chi connectivity index (χ4n) is 6.25. The number of carbonyl (C=O) groups is 3. The Hall–Kier alpha value is -3.06. The summed E-state index contributed by atoms with van der Waals surface area (Å²) in [4.78, 5) is 43.8. The van der Waals surface area contributed by atoms with Crippen molar-refractivity contribution in [2.24, 2.45) is 11.8 Å². The number of carbonyl (C=O) groups excluding carboxylic acids is 3. The lowest BCUT2D eigenvalue weighted by atomic mass is 9.75. The van der Waals surface area contributed by atoms with Crippen molar-refractivity contribution < 1.29 is 18.8 Å². The number of nitrogens with zero attached hydrogens (tertiary/aromatic N) is 2. The van der Waals surface area contributed by atoms with Crippen LogP contribution in [0.4, 0.5) is 15.8 Å². The maximum absolute atomic E-state index is 14.5. The number of nitrogens with one attached hydrogen (secondary N) is 1. The molecular weight excluding hydrogens is 385 g/mol. The molecule has 6 rings (SSSR count). The molecule has 0 radical (unpaired) electrons. The highest BCUT2D eigenvalue weighted by molar-refractivity contribution is 6.26. The van der Waals surface area contributed by atoms with Crippen molar-refractivity contribution in [2.75, 3.05) is 16.8 Å². The molecule has 0 bridgehead atoms. The van der Waals surface area contributed by atoms with E-state index in [4.69, 9.17) is 0 Å². The van der Waals surface area contributed by atoms with Crippen molar-refractivity contribution in [3.05, 3.63) is 59.4 Å². The van der Waals surface area contributed by atoms with Crippen molar-refractivity contribution in [2.45, 2.75) is 31.3 Å². The Morgan fingerprint density at radius 2 is 1.87 bits per heavy atom. The van der Waals surface area contributed by atoms with E-state index >= 15 is 0 Å². The van der Waals surface area contributed by atoms with Crippen LogP contribution in [-0.4, -0.2) is 35.2 Å². The van der Waals surface area contributed by atoms with E-state index in [1.54, 1.807) is 6.07 Å². The zero-order valence-electron chi connectivity index (χ0n) is 16.4. The summed E-state index contributed by atoms with van der Waals surface area (Å²) in [7, 11) is 0. The summed E-state index contributed by atoms with van der Waals surface area (Å²) in [5.41, 5.74) is 1.13. The molecule has 4 aliphatic rings. The SMILES string of the molecule is Cc1cccc2c1NC(=O)[C@@]21[C@@H]2C(=O)N(c3ccccc3F)C(=O)[C@@H]2[C@H]2CCCN21. The molecule has 2 aromatic carbocycles. The first-order chi connectivity index (χ1) is 14.5. The van der Waals surface area contributed by atoms with Crippen molar-refractivity contribution in [1.29, 1.82) is 0 Å². The number of imide groups is 1. The average Bonchev–Trinajstić information content (AvgIpc) is 3.42. The van der Waals surface area contributed by atoms with E-state index in [1.807, 2.05) is 25.1 Å². The van der Waals surface area contributed by atoms with Crippen LogP contribution >= 0.6 is 0 Å². The minimum absolute atomic E-state index is 0.0375. The number of aryl methyl sites for hydroxylation is 1. The van der Waals surface area contributed by atoms with Gasteiger partial charge in [0.1, 0.15) is 11.4 Å². The number of anilines is 2. The molecule has 1 spiro atoms. The van der Waals surface area contributed by atoms with Crippen molar-refractivity contribution in [3.63, 3.8) is 0 Å². The maximum atomic E-state index is 14.5. The van der Waals surface area contributed by atoms with E-state index < -0.39 is 35.0 Å². The first-order valence-electron chi connectivity index (χ1n) is 10.3. The fourth-order valence-corrected chi connectivity index (χ4v) is 6.25. The number of para-hydroxylation sites is 2. The second-order valence-electron chi connectivity index (χ2n) is 8.59. The van der Waals surface area contributed by atoms with Gasteiger partial charge in [0.25, 0.3) is 0 Å². The summed E-state index contributed by atoms with van der Waals surface area (Å²) in [6, 6.07) is 11.3. The molecule has 4 aliphatic heterocycles. The Morgan fingerprint density at radius 3 is 2.67 bits per heavy atom. The van der Waals surface area contributed by atoms with Gasteiger partial charge in [-0.05, 0) is 44.0 Å². The monoisotopic (exact) mass is 405 g/mol. The molecule has 3 fully saturated rings. The molecule has 4 atom stereocenters. The van der Waals surface area contributed by atoms with E-state index in [-0.39, 0.29) is 17.6 Å². The Bertz CT molecular complexity index is 1150. The van der Waals surface area contributed by atoms with Gasteiger partial charge in [0.05, 0.1) is 17.5 Å². The van der Waals surface area contributed by atoms with Gasteiger partial charge in [-0.3, -0.25) is 19.3 Å². The molecule has 0 aromatic heterocycles. The van der Waals surface area contributed by atoms with Crippen LogP contribution in [0.15, 0.2) is 42.5 Å². The highest BCUT2D eigenvalue weighted by Crippen LogP contribution is 2.61. The zero-order valence-corrected chi connectivity index (χ0v) is 16.4. The van der Waals surface area contributed by atoms with Gasteiger partial charge in [0, 0.05) is 17.3 Å². The molecule has 0 aliphatic carbocycles. The second kappa shape index (κ2) is 5.76. The largest absolute Gasteiger partial charge is 0.324 e. The average molecular weight is 405 g/mol. The standard InChI is InChI=1S/C23H20FN3O3/c1-12-6-4-7-13-19(12)25-22(30)23(13)18-17(16-10-5-11-26(16)23)20(28)27(21(18)29)15-9-3-2-8-14(15)24/h2-4,6-9,16-18H,5,10-11H2,1H3,(H,25,30)/t16-,17-,18+,23+/m1/s1. The van der Waals surface area contributed by atoms with Crippen molar-refractivity contribution >= 4 is 29.1 Å². The zero-order chi connectivity index (χ0) is 20.8. The number of halogens is 1. The van der Waals surface area contributed by atoms with Gasteiger partial charge in [-0.25, -0.2) is 9.29 Å². The molecule has 3 saturated heterocycles. The lowest BCUT2D eigenvalue weighted by Gasteiger charge is -2.36. The summed E-state index contributed by atoms with van der Waals surface area (Å²) in [5.74, 6) is -3.30. The van der Waals surface area contributed by atoms with Gasteiger partial charge >= 0.3 is 0 Å². The van der Waals surface area contributed by atoms with Crippen LogP contribution in [0.5, 0.6) is 0 Å². The van der Waals surface area contributed by atoms with Gasteiger partial charge < -0.3 is 5.32 Å². The fraction of sp³-hybridized carbons (Fsp3) is 0.348. The van der Waals surface area contributed by atoms with Crippen LogP contribution < -0.4 is 10.2 Å². The van der Waals surface area contributed by atoms with E-state index in [0.717, 1.165) is 34.6 Å². The smallest absolute Gasteiger partial charge is 0.250 e. The topological polar surface area (TPSA) is 69.7 Å². The Labute approximate surface area is 172 Å². The van der Waals surface area contributed by atoms with Crippen molar-refractivity contribution in [1.82, 2.24) is 4.90 Å². The Kier molecular flexibility index (Phi) is 3.41. The quantitative estimate of drug-likeness (QED) is 0.741. The lowest BCUT2D eigenvalue weighted by molar-refractivity contribution is -0.135. The molecule has 7 heteroatoms. The number of fused-ring (bicyclic) bond motifs is 7. The molecule has 6 nitrogen and oxygen atoms in total. The third-order valence-electron chi connectivity index (χ3n) is 7.33. The van der Waals surface area contributed by atoms with Crippen LogP contribution in [-0.2, 0) is 19.9 Å². The number of rotatable bonds is 1. The third kappa shape index (κ3) is 1.85. The van der Waals surface area contributed by atoms with Gasteiger partial charge in [-0.15, -0.1) is 0 Å². The van der Waals surface area contributed by atoms with Gasteiger partial charge in [-0.2, -0.15) is 0 Å². The van der Waals surface area contributed by atoms with E-state index in [2.05, 4.69) is 10.2 Å². The summed E-state index contributed by atoms with van der Waals surface area (Å²) < 4.78 is 14.5. The van der Waals surface area contributed by atoms with Gasteiger partial charge in [0.2, 0.25) is 17.7 Å². The molecule has 0 saturated carbocycles. The summed E-state index contributed by atoms with van der Waals surface area (Å²) in [6.07, 6.45) is 1.59. The minimum atomic E-state index is -1.22. The summed E-state index contributed by atoms with van der Waals surface area (Å²) >= 11 is 0. The molecule has 30 heavy (non-hydrogen) atoms. The predicted octanol–water partition coefficient (Wildman–Crippen LogP) is 2.57. The normalized spacial score (nSPS) is 32.0. The molecule has 2 aromatic rings. The molecular formula is C23H20FN3O3. The minimum Gasteiger partial charge on any atom is -0.324 e. The highest BCUT2D eigenvalue weighted by atomic mass is 19.1. The highest BCUT2D eigenvalue weighted by Gasteiger charge is 2.74. The summed E-state index contributed by atoms with van der Waals surface area (Å²) in [5, 5.41) is 2.99. The Balaban J connectivity index is 1.59.